The summed E-state index contributed by atoms with van der Waals surface area (Å²) < 4.78 is 30.6. The Hall–Kier alpha value is -2.02. The van der Waals surface area contributed by atoms with E-state index in [1.807, 2.05) is 24.3 Å². The average molecular weight is 349 g/mol. The highest BCUT2D eigenvalue weighted by Crippen LogP contribution is 2.29. The van der Waals surface area contributed by atoms with Gasteiger partial charge in [-0.1, -0.05) is 13.8 Å². The molecule has 1 aromatic carbocycles. The third-order valence-electron chi connectivity index (χ3n) is 4.05. The Morgan fingerprint density at radius 1 is 1.33 bits per heavy atom. The van der Waals surface area contributed by atoms with Crippen molar-refractivity contribution in [1.29, 1.82) is 0 Å². The number of hydrogen-bond donors (Lipinski definition) is 1. The van der Waals surface area contributed by atoms with Gasteiger partial charge >= 0.3 is 0 Å². The smallest absolute Gasteiger partial charge is 0.152 e. The monoisotopic (exact) mass is 349 g/mol. The summed E-state index contributed by atoms with van der Waals surface area (Å²) >= 11 is 0. The molecule has 0 amide bonds. The van der Waals surface area contributed by atoms with Crippen LogP contribution in [0.2, 0.25) is 0 Å². The lowest BCUT2D eigenvalue weighted by Crippen LogP contribution is -2.14. The number of benzene rings is 1. The molecule has 0 saturated carbocycles. The van der Waals surface area contributed by atoms with Crippen LogP contribution in [0.25, 0.3) is 11.3 Å². The Labute approximate surface area is 142 Å². The average Bonchev–Trinajstić information content (AvgIpc) is 3.08. The first kappa shape index (κ1) is 16.8. The van der Waals surface area contributed by atoms with Gasteiger partial charge in [0.1, 0.15) is 11.6 Å². The van der Waals surface area contributed by atoms with Gasteiger partial charge in [0.25, 0.3) is 0 Å². The first-order valence-corrected chi connectivity index (χ1v) is 9.95. The van der Waals surface area contributed by atoms with Crippen LogP contribution >= 0.6 is 0 Å². The minimum Gasteiger partial charge on any atom is -0.493 e. The Balaban J connectivity index is 1.77. The highest BCUT2D eigenvalue weighted by atomic mass is 32.2. The van der Waals surface area contributed by atoms with Crippen molar-refractivity contribution in [2.24, 2.45) is 5.92 Å². The summed E-state index contributed by atoms with van der Waals surface area (Å²) in [6.45, 7) is 4.89. The molecule has 6 nitrogen and oxygen atoms in total. The van der Waals surface area contributed by atoms with Crippen molar-refractivity contribution in [2.45, 2.75) is 26.3 Å². The molecule has 1 fully saturated rings. The molecule has 0 aliphatic carbocycles. The molecule has 1 saturated heterocycles. The molecule has 1 aliphatic heterocycles. The number of nitrogens with zero attached hydrogens (tertiary/aromatic N) is 2. The van der Waals surface area contributed by atoms with Crippen LogP contribution < -0.4 is 10.5 Å². The molecule has 2 aromatic rings. The number of aromatic nitrogens is 2. The van der Waals surface area contributed by atoms with Crippen molar-refractivity contribution in [3.05, 3.63) is 30.3 Å². The molecular formula is C17H23N3O3S. The normalized spacial score (nSPS) is 19.7. The Bertz CT molecular complexity index is 810. The molecule has 0 radical (unpaired) electrons. The fourth-order valence-electron chi connectivity index (χ4n) is 2.80. The standard InChI is InChI=1S/C17H23N3O3S/c1-12(2)10-23-15-5-3-13(4-6-15)16-9-17(18)20(19-16)14-7-8-24(21,22)11-14/h3-6,9,12,14H,7-8,10-11,18H2,1-2H3. The van der Waals surface area contributed by atoms with E-state index in [0.29, 0.717) is 24.8 Å². The minimum absolute atomic E-state index is 0.111. The highest BCUT2D eigenvalue weighted by Gasteiger charge is 2.31. The lowest BCUT2D eigenvalue weighted by molar-refractivity contribution is 0.271. The summed E-state index contributed by atoms with van der Waals surface area (Å²) in [6.07, 6.45) is 0.565. The van der Waals surface area contributed by atoms with Crippen LogP contribution in [0, 0.1) is 5.92 Å². The topological polar surface area (TPSA) is 87.2 Å². The van der Waals surface area contributed by atoms with E-state index in [9.17, 15) is 8.42 Å². The largest absolute Gasteiger partial charge is 0.493 e. The summed E-state index contributed by atoms with van der Waals surface area (Å²) in [7, 11) is -2.97. The minimum atomic E-state index is -2.97. The van der Waals surface area contributed by atoms with E-state index in [4.69, 9.17) is 10.5 Å². The summed E-state index contributed by atoms with van der Waals surface area (Å²) in [4.78, 5) is 0. The van der Waals surface area contributed by atoms with Gasteiger partial charge in [-0.25, -0.2) is 13.1 Å². The highest BCUT2D eigenvalue weighted by molar-refractivity contribution is 7.91. The second-order valence-electron chi connectivity index (χ2n) is 6.69. The van der Waals surface area contributed by atoms with E-state index in [1.165, 1.54) is 0 Å². The van der Waals surface area contributed by atoms with E-state index in [0.717, 1.165) is 17.0 Å². The van der Waals surface area contributed by atoms with Crippen LogP contribution in [0.15, 0.2) is 30.3 Å². The van der Waals surface area contributed by atoms with Gasteiger partial charge in [-0.3, -0.25) is 0 Å². The Morgan fingerprint density at radius 3 is 2.62 bits per heavy atom. The van der Waals surface area contributed by atoms with E-state index in [2.05, 4.69) is 18.9 Å². The zero-order valence-electron chi connectivity index (χ0n) is 14.0. The summed E-state index contributed by atoms with van der Waals surface area (Å²) in [5.74, 6) is 2.10. The maximum atomic E-state index is 11.7. The van der Waals surface area contributed by atoms with Gasteiger partial charge in [0.05, 0.1) is 29.8 Å². The van der Waals surface area contributed by atoms with Crippen molar-refractivity contribution in [2.75, 3.05) is 23.8 Å². The van der Waals surface area contributed by atoms with Gasteiger partial charge in [-0.15, -0.1) is 0 Å². The first-order chi connectivity index (χ1) is 11.3. The Kier molecular flexibility index (Phi) is 4.54. The van der Waals surface area contributed by atoms with E-state index in [-0.39, 0.29) is 17.5 Å². The van der Waals surface area contributed by atoms with Crippen molar-refractivity contribution in [1.82, 2.24) is 9.78 Å². The van der Waals surface area contributed by atoms with Gasteiger partial charge in [0.15, 0.2) is 9.84 Å². The van der Waals surface area contributed by atoms with E-state index >= 15 is 0 Å². The van der Waals surface area contributed by atoms with Crippen LogP contribution in [0.1, 0.15) is 26.3 Å². The number of sulfone groups is 1. The van der Waals surface area contributed by atoms with E-state index < -0.39 is 9.84 Å². The third kappa shape index (κ3) is 3.72. The molecule has 1 aliphatic rings. The van der Waals surface area contributed by atoms with Gasteiger partial charge in [0, 0.05) is 11.6 Å². The number of ether oxygens (including phenoxy) is 1. The third-order valence-corrected chi connectivity index (χ3v) is 5.80. The van der Waals surface area contributed by atoms with Crippen LogP contribution in [0.5, 0.6) is 5.75 Å². The number of rotatable bonds is 5. The fraction of sp³-hybridized carbons (Fsp3) is 0.471. The number of hydrogen-bond acceptors (Lipinski definition) is 5. The first-order valence-electron chi connectivity index (χ1n) is 8.13. The summed E-state index contributed by atoms with van der Waals surface area (Å²) in [6, 6.07) is 9.31. The van der Waals surface area contributed by atoms with Gasteiger partial charge < -0.3 is 10.5 Å². The molecule has 2 heterocycles. The predicted molar refractivity (Wildman–Crippen MR) is 94.7 cm³/mol. The summed E-state index contributed by atoms with van der Waals surface area (Å²) in [5.41, 5.74) is 7.71. The van der Waals surface area contributed by atoms with Crippen LogP contribution in [0.3, 0.4) is 0 Å². The SMILES string of the molecule is CC(C)COc1ccc(-c2cc(N)n(C3CCS(=O)(=O)C3)n2)cc1. The molecule has 130 valence electrons. The van der Waals surface area contributed by atoms with Gasteiger partial charge in [-0.05, 0) is 36.6 Å². The van der Waals surface area contributed by atoms with Crippen molar-refractivity contribution >= 4 is 15.7 Å². The molecule has 1 atom stereocenters. The molecule has 2 N–H and O–H groups in total. The van der Waals surface area contributed by atoms with Crippen molar-refractivity contribution in [3.8, 4) is 17.0 Å². The van der Waals surface area contributed by atoms with Crippen LogP contribution in [-0.2, 0) is 9.84 Å². The van der Waals surface area contributed by atoms with Gasteiger partial charge in [0.2, 0.25) is 0 Å². The fourth-order valence-corrected chi connectivity index (χ4v) is 4.49. The van der Waals surface area contributed by atoms with E-state index in [1.54, 1.807) is 10.7 Å². The van der Waals surface area contributed by atoms with Crippen LogP contribution in [0.4, 0.5) is 5.82 Å². The Morgan fingerprint density at radius 2 is 2.04 bits per heavy atom. The van der Waals surface area contributed by atoms with Gasteiger partial charge in [-0.2, -0.15) is 5.10 Å². The molecule has 0 spiro atoms. The maximum absolute atomic E-state index is 11.7. The zero-order valence-corrected chi connectivity index (χ0v) is 14.8. The van der Waals surface area contributed by atoms with Crippen LogP contribution in [-0.4, -0.2) is 36.3 Å². The second-order valence-corrected chi connectivity index (χ2v) is 8.91. The van der Waals surface area contributed by atoms with Crippen molar-refractivity contribution < 1.29 is 13.2 Å². The molecular weight excluding hydrogens is 326 g/mol. The molecule has 1 unspecified atom stereocenters. The predicted octanol–water partition coefficient (Wildman–Crippen LogP) is 2.53. The quantitative estimate of drug-likeness (QED) is 0.896. The number of anilines is 1. The molecule has 7 heteroatoms. The molecule has 1 aromatic heterocycles. The summed E-state index contributed by atoms with van der Waals surface area (Å²) in [5, 5.41) is 4.52. The number of nitrogen functional groups attached to an aromatic ring is 1. The lowest BCUT2D eigenvalue weighted by atomic mass is 10.1. The zero-order chi connectivity index (χ0) is 17.3. The van der Waals surface area contributed by atoms with Crippen molar-refractivity contribution in [3.63, 3.8) is 0 Å². The second kappa shape index (κ2) is 6.47. The molecule has 3 rings (SSSR count). The molecule has 24 heavy (non-hydrogen) atoms. The lowest BCUT2D eigenvalue weighted by Gasteiger charge is -2.10. The number of nitrogens with two attached hydrogens (primary N) is 1. The molecule has 0 bridgehead atoms. The maximum Gasteiger partial charge on any atom is 0.152 e.